The van der Waals surface area contributed by atoms with Crippen molar-refractivity contribution in [3.63, 3.8) is 0 Å². The zero-order chi connectivity index (χ0) is 15.4. The van der Waals surface area contributed by atoms with Gasteiger partial charge >= 0.3 is 0 Å². The summed E-state index contributed by atoms with van der Waals surface area (Å²) in [7, 11) is 0. The van der Waals surface area contributed by atoms with Gasteiger partial charge in [0.05, 0.1) is 0 Å². The molecule has 0 aliphatic carbocycles. The molecule has 124 valence electrons. The Morgan fingerprint density at radius 3 is 1.00 bits per heavy atom. The van der Waals surface area contributed by atoms with Crippen LogP contribution < -0.4 is 0 Å². The van der Waals surface area contributed by atoms with Crippen LogP contribution in [0.2, 0.25) is 0 Å². The second-order valence-corrected chi connectivity index (χ2v) is 6.35. The molecule has 0 heteroatoms. The second kappa shape index (κ2) is 19.7. The highest BCUT2D eigenvalue weighted by Crippen LogP contribution is 2.11. The Bertz CT molecular complexity index is 192. The van der Waals surface area contributed by atoms with Crippen molar-refractivity contribution < 1.29 is 0 Å². The van der Waals surface area contributed by atoms with Crippen LogP contribution in [0.3, 0.4) is 0 Å². The summed E-state index contributed by atoms with van der Waals surface area (Å²) in [4.78, 5) is 0. The Morgan fingerprint density at radius 2 is 0.667 bits per heavy atom. The maximum absolute atomic E-state index is 3.89. The van der Waals surface area contributed by atoms with Crippen LogP contribution in [0.5, 0.6) is 0 Å². The summed E-state index contributed by atoms with van der Waals surface area (Å²) in [6, 6.07) is 0. The van der Waals surface area contributed by atoms with Gasteiger partial charge in [0.2, 0.25) is 0 Å². The van der Waals surface area contributed by atoms with Crippen LogP contribution in [0.25, 0.3) is 0 Å². The summed E-state index contributed by atoms with van der Waals surface area (Å²) in [6.07, 6.45) is 27.7. The van der Waals surface area contributed by atoms with E-state index in [1.165, 1.54) is 96.3 Å². The lowest BCUT2D eigenvalue weighted by Crippen LogP contribution is -1.80. The quantitative estimate of drug-likeness (QED) is 0.189. The fraction of sp³-hybridized carbons (Fsp3) is 0.810. The van der Waals surface area contributed by atoms with Crippen molar-refractivity contribution in [2.75, 3.05) is 0 Å². The Kier molecular flexibility index (Phi) is 19.5. The van der Waals surface area contributed by atoms with Crippen molar-refractivity contribution in [2.45, 2.75) is 109 Å². The molecule has 0 aromatic rings. The summed E-state index contributed by atoms with van der Waals surface area (Å²) in [5.74, 6) is 0. The molecule has 0 fully saturated rings. The van der Waals surface area contributed by atoms with Gasteiger partial charge < -0.3 is 0 Å². The smallest absolute Gasteiger partial charge is 0.0351 e. The molecule has 0 unspecified atom stereocenters. The van der Waals surface area contributed by atoms with Crippen molar-refractivity contribution in [2.24, 2.45) is 0 Å². The van der Waals surface area contributed by atoms with Crippen molar-refractivity contribution in [1.29, 1.82) is 0 Å². The molecule has 21 heavy (non-hydrogen) atoms. The van der Waals surface area contributed by atoms with Gasteiger partial charge in [-0.1, -0.05) is 109 Å². The fourth-order valence-electron chi connectivity index (χ4n) is 2.70. The lowest BCUT2D eigenvalue weighted by Gasteiger charge is -2.00. The van der Waals surface area contributed by atoms with Gasteiger partial charge in [0.1, 0.15) is 0 Å². The highest BCUT2D eigenvalue weighted by atomic mass is 14.0. The molecule has 0 rings (SSSR count). The van der Waals surface area contributed by atoms with E-state index in [1.54, 1.807) is 0 Å². The first-order chi connectivity index (χ1) is 10.4. The lowest BCUT2D eigenvalue weighted by molar-refractivity contribution is 0.582. The van der Waals surface area contributed by atoms with E-state index in [4.69, 9.17) is 0 Å². The van der Waals surface area contributed by atoms with Gasteiger partial charge in [-0.3, -0.25) is 0 Å². The number of hydrogen-bond acceptors (Lipinski definition) is 0. The molecule has 0 aromatic carbocycles. The minimum absolute atomic E-state index is 1.11. The fourth-order valence-corrected chi connectivity index (χ4v) is 2.70. The lowest BCUT2D eigenvalue weighted by atomic mass is 10.1. The van der Waals surface area contributed by atoms with Gasteiger partial charge in [0.25, 0.3) is 0 Å². The largest absolute Gasteiger partial charge is 0.0885 e. The van der Waals surface area contributed by atoms with E-state index in [1.807, 2.05) is 0 Å². The molecule has 0 aliphatic heterocycles. The first kappa shape index (κ1) is 20.7. The van der Waals surface area contributed by atoms with E-state index < -0.39 is 0 Å². The molecule has 0 saturated carbocycles. The monoisotopic (exact) mass is 292 g/mol. The zero-order valence-electron chi connectivity index (χ0n) is 14.6. The van der Waals surface area contributed by atoms with Crippen molar-refractivity contribution in [1.82, 2.24) is 0 Å². The van der Waals surface area contributed by atoms with Crippen molar-refractivity contribution in [3.8, 4) is 0 Å². The Balaban J connectivity index is 3.02. The standard InChI is InChI=1S/C21H40/c1-3-5-7-9-11-13-15-17-19-21-20-18-16-14-12-10-8-6-4-2/h19,21H,1-18,20H2/b21-19+. The number of unbranched alkanes of at least 4 members (excludes halogenated alkanes) is 15. The Hall–Kier alpha value is -0.260. The van der Waals surface area contributed by atoms with Gasteiger partial charge in [0.15, 0.2) is 0 Å². The van der Waals surface area contributed by atoms with Crippen molar-refractivity contribution >= 4 is 0 Å². The molecule has 0 nitrogen and oxygen atoms in total. The number of hydrogen-bond donors (Lipinski definition) is 0. The summed E-state index contributed by atoms with van der Waals surface area (Å²) in [5.41, 5.74) is 0. The highest BCUT2D eigenvalue weighted by molar-refractivity contribution is 4.81. The zero-order valence-corrected chi connectivity index (χ0v) is 14.6. The minimum Gasteiger partial charge on any atom is -0.0885 e. The minimum atomic E-state index is 1.11. The van der Waals surface area contributed by atoms with Crippen LogP contribution in [-0.4, -0.2) is 0 Å². The van der Waals surface area contributed by atoms with Crippen LogP contribution in [0.1, 0.15) is 109 Å². The third kappa shape index (κ3) is 19.7. The van der Waals surface area contributed by atoms with Gasteiger partial charge in [-0.05, 0) is 25.7 Å². The number of rotatable bonds is 17. The van der Waals surface area contributed by atoms with E-state index in [0.29, 0.717) is 0 Å². The van der Waals surface area contributed by atoms with Crippen LogP contribution in [-0.2, 0) is 0 Å². The average molecular weight is 293 g/mol. The average Bonchev–Trinajstić information content (AvgIpc) is 2.50. The SMILES string of the molecule is [CH2]CCCCCCCC/C=C/CCCCCCCCC[CH2]. The third-order valence-electron chi connectivity index (χ3n) is 4.16. The topological polar surface area (TPSA) is 0 Å². The maximum Gasteiger partial charge on any atom is -0.0351 e. The molecule has 0 N–H and O–H groups in total. The molecule has 0 bridgehead atoms. The van der Waals surface area contributed by atoms with Gasteiger partial charge in [-0.25, -0.2) is 0 Å². The predicted molar refractivity (Wildman–Crippen MR) is 98.3 cm³/mol. The second-order valence-electron chi connectivity index (χ2n) is 6.35. The number of allylic oxidation sites excluding steroid dienone is 2. The molecule has 0 spiro atoms. The summed E-state index contributed by atoms with van der Waals surface area (Å²) < 4.78 is 0. The summed E-state index contributed by atoms with van der Waals surface area (Å²) >= 11 is 0. The first-order valence-corrected chi connectivity index (χ1v) is 9.65. The molecule has 0 atom stereocenters. The van der Waals surface area contributed by atoms with Crippen LogP contribution in [0.15, 0.2) is 12.2 Å². The van der Waals surface area contributed by atoms with Crippen LogP contribution >= 0.6 is 0 Å². The van der Waals surface area contributed by atoms with Crippen molar-refractivity contribution in [3.05, 3.63) is 26.0 Å². The van der Waals surface area contributed by atoms with E-state index >= 15 is 0 Å². The summed E-state index contributed by atoms with van der Waals surface area (Å²) in [5, 5.41) is 0. The molecule has 0 heterocycles. The molecular weight excluding hydrogens is 252 g/mol. The van der Waals surface area contributed by atoms with E-state index in [2.05, 4.69) is 26.0 Å². The predicted octanol–water partition coefficient (Wildman–Crippen LogP) is 7.84. The highest BCUT2D eigenvalue weighted by Gasteiger charge is 1.91. The summed E-state index contributed by atoms with van der Waals surface area (Å²) in [6.45, 7) is 7.77. The first-order valence-electron chi connectivity index (χ1n) is 9.65. The molecule has 0 aromatic heterocycles. The normalized spacial score (nSPS) is 11.5. The molecular formula is C21H40. The Morgan fingerprint density at radius 1 is 0.381 bits per heavy atom. The molecule has 2 radical (unpaired) electrons. The molecule has 0 amide bonds. The molecule has 0 saturated heterocycles. The maximum atomic E-state index is 3.89. The van der Waals surface area contributed by atoms with E-state index in [9.17, 15) is 0 Å². The Labute approximate surface area is 135 Å². The van der Waals surface area contributed by atoms with E-state index in [-0.39, 0.29) is 0 Å². The third-order valence-corrected chi connectivity index (χ3v) is 4.16. The van der Waals surface area contributed by atoms with Gasteiger partial charge in [0, 0.05) is 0 Å². The van der Waals surface area contributed by atoms with E-state index in [0.717, 1.165) is 12.8 Å². The van der Waals surface area contributed by atoms with Crippen LogP contribution in [0.4, 0.5) is 0 Å². The van der Waals surface area contributed by atoms with Gasteiger partial charge in [-0.15, -0.1) is 0 Å². The molecule has 0 aliphatic rings. The van der Waals surface area contributed by atoms with Gasteiger partial charge in [-0.2, -0.15) is 0 Å². The van der Waals surface area contributed by atoms with Crippen LogP contribution in [0, 0.1) is 13.8 Å².